The molecule has 0 amide bonds. The molecule has 13 heavy (non-hydrogen) atoms. The largest absolute Gasteiger partial charge is 0.266 e. The monoisotopic (exact) mass is 195 g/mol. The molecule has 0 fully saturated rings. The Morgan fingerprint density at radius 2 is 2.23 bits per heavy atom. The lowest BCUT2D eigenvalue weighted by Crippen LogP contribution is -1.90. The Morgan fingerprint density at radius 3 is 2.92 bits per heavy atom. The van der Waals surface area contributed by atoms with Crippen molar-refractivity contribution >= 4 is 22.6 Å². The molecule has 0 bridgehead atoms. The Balaban J connectivity index is 2.81. The van der Waals surface area contributed by atoms with Crippen LogP contribution in [-0.2, 0) is 13.5 Å². The summed E-state index contributed by atoms with van der Waals surface area (Å²) in [4.78, 5) is 4.25. The van der Waals surface area contributed by atoms with Gasteiger partial charge in [0.2, 0.25) is 0 Å². The van der Waals surface area contributed by atoms with Gasteiger partial charge in [0.05, 0.1) is 11.2 Å². The maximum atomic E-state index is 5.81. The van der Waals surface area contributed by atoms with Gasteiger partial charge in [0, 0.05) is 7.05 Å². The Kier molecular flexibility index (Phi) is 1.96. The molecular formula is C9H10ClN3. The molecule has 0 N–H and O–H groups in total. The van der Waals surface area contributed by atoms with Crippen LogP contribution in [0.5, 0.6) is 0 Å². The SMILES string of the molecule is CCc1nn(C)c2ccc(Cl)nc12. The number of halogens is 1. The number of nitrogens with zero attached hydrogens (tertiary/aromatic N) is 3. The number of fused-ring (bicyclic) bond motifs is 1. The highest BCUT2D eigenvalue weighted by atomic mass is 35.5. The van der Waals surface area contributed by atoms with Crippen molar-refractivity contribution in [3.05, 3.63) is 23.0 Å². The first-order chi connectivity index (χ1) is 6.22. The van der Waals surface area contributed by atoms with Crippen LogP contribution in [-0.4, -0.2) is 14.8 Å². The molecule has 2 rings (SSSR count). The minimum atomic E-state index is 0.523. The predicted octanol–water partition coefficient (Wildman–Crippen LogP) is 2.18. The minimum absolute atomic E-state index is 0.523. The number of aryl methyl sites for hydroxylation is 2. The maximum Gasteiger partial charge on any atom is 0.129 e. The second-order valence-electron chi connectivity index (χ2n) is 2.93. The van der Waals surface area contributed by atoms with Crippen molar-refractivity contribution in [3.63, 3.8) is 0 Å². The molecule has 0 unspecified atom stereocenters. The summed E-state index contributed by atoms with van der Waals surface area (Å²) in [5, 5.41) is 4.87. The van der Waals surface area contributed by atoms with E-state index in [4.69, 9.17) is 11.6 Å². The Morgan fingerprint density at radius 1 is 1.46 bits per heavy atom. The molecule has 0 aliphatic rings. The fourth-order valence-electron chi connectivity index (χ4n) is 1.42. The molecule has 2 aromatic heterocycles. The summed E-state index contributed by atoms with van der Waals surface area (Å²) < 4.78 is 1.83. The third kappa shape index (κ3) is 1.29. The van der Waals surface area contributed by atoms with Crippen molar-refractivity contribution in [1.29, 1.82) is 0 Å². The summed E-state index contributed by atoms with van der Waals surface area (Å²) in [6, 6.07) is 3.72. The Bertz CT molecular complexity index is 447. The number of hydrogen-bond acceptors (Lipinski definition) is 2. The van der Waals surface area contributed by atoms with Gasteiger partial charge in [-0.3, -0.25) is 4.68 Å². The van der Waals surface area contributed by atoms with E-state index in [9.17, 15) is 0 Å². The van der Waals surface area contributed by atoms with Crippen molar-refractivity contribution in [1.82, 2.24) is 14.8 Å². The quantitative estimate of drug-likeness (QED) is 0.653. The molecule has 2 heterocycles. The van der Waals surface area contributed by atoms with Crippen LogP contribution >= 0.6 is 11.6 Å². The fraction of sp³-hybridized carbons (Fsp3) is 0.333. The van der Waals surface area contributed by atoms with Gasteiger partial charge in [0.25, 0.3) is 0 Å². The summed E-state index contributed by atoms with van der Waals surface area (Å²) in [7, 11) is 1.91. The average Bonchev–Trinajstić information content (AvgIpc) is 2.42. The second kappa shape index (κ2) is 3.00. The van der Waals surface area contributed by atoms with Crippen LogP contribution in [0.4, 0.5) is 0 Å². The molecule has 2 aromatic rings. The summed E-state index contributed by atoms with van der Waals surface area (Å²) in [5.41, 5.74) is 2.94. The van der Waals surface area contributed by atoms with E-state index in [1.807, 2.05) is 17.8 Å². The van der Waals surface area contributed by atoms with Crippen LogP contribution < -0.4 is 0 Å². The molecule has 68 valence electrons. The first-order valence-corrected chi connectivity index (χ1v) is 4.58. The van der Waals surface area contributed by atoms with Gasteiger partial charge in [-0.05, 0) is 18.6 Å². The van der Waals surface area contributed by atoms with E-state index in [2.05, 4.69) is 17.0 Å². The number of aromatic nitrogens is 3. The smallest absolute Gasteiger partial charge is 0.129 e. The maximum absolute atomic E-state index is 5.81. The zero-order valence-corrected chi connectivity index (χ0v) is 8.34. The summed E-state index contributed by atoms with van der Waals surface area (Å²) in [6.07, 6.45) is 0.880. The highest BCUT2D eigenvalue weighted by Crippen LogP contribution is 2.18. The van der Waals surface area contributed by atoms with Gasteiger partial charge in [0.15, 0.2) is 0 Å². The Hall–Kier alpha value is -1.09. The van der Waals surface area contributed by atoms with Gasteiger partial charge >= 0.3 is 0 Å². The van der Waals surface area contributed by atoms with Gasteiger partial charge in [-0.25, -0.2) is 4.98 Å². The fourth-order valence-corrected chi connectivity index (χ4v) is 1.57. The third-order valence-corrected chi connectivity index (χ3v) is 2.28. The molecule has 0 spiro atoms. The predicted molar refractivity (Wildman–Crippen MR) is 52.9 cm³/mol. The van der Waals surface area contributed by atoms with E-state index in [-0.39, 0.29) is 0 Å². The lowest BCUT2D eigenvalue weighted by atomic mass is 10.3. The van der Waals surface area contributed by atoms with Crippen LogP contribution in [0.15, 0.2) is 12.1 Å². The van der Waals surface area contributed by atoms with Crippen molar-refractivity contribution in [2.45, 2.75) is 13.3 Å². The third-order valence-electron chi connectivity index (χ3n) is 2.07. The molecule has 0 aliphatic carbocycles. The van der Waals surface area contributed by atoms with Crippen LogP contribution in [0.1, 0.15) is 12.6 Å². The number of pyridine rings is 1. The first-order valence-electron chi connectivity index (χ1n) is 4.20. The second-order valence-corrected chi connectivity index (χ2v) is 3.31. The molecular weight excluding hydrogens is 186 g/mol. The molecule has 0 aliphatic heterocycles. The zero-order valence-electron chi connectivity index (χ0n) is 7.58. The first kappa shape index (κ1) is 8.51. The van der Waals surface area contributed by atoms with Crippen LogP contribution in [0.3, 0.4) is 0 Å². The van der Waals surface area contributed by atoms with Crippen LogP contribution in [0.25, 0.3) is 11.0 Å². The lowest BCUT2D eigenvalue weighted by Gasteiger charge is -1.92. The lowest BCUT2D eigenvalue weighted by molar-refractivity contribution is 0.770. The molecule has 3 nitrogen and oxygen atoms in total. The average molecular weight is 196 g/mol. The summed E-state index contributed by atoms with van der Waals surface area (Å²) in [6.45, 7) is 2.06. The highest BCUT2D eigenvalue weighted by molar-refractivity contribution is 6.29. The van der Waals surface area contributed by atoms with Crippen molar-refractivity contribution in [3.8, 4) is 0 Å². The van der Waals surface area contributed by atoms with E-state index >= 15 is 0 Å². The standard InChI is InChI=1S/C9H10ClN3/c1-3-6-9-7(13(2)12-6)4-5-8(10)11-9/h4-5H,3H2,1-2H3. The molecule has 0 atom stereocenters. The van der Waals surface area contributed by atoms with Crippen LogP contribution in [0.2, 0.25) is 5.15 Å². The molecule has 0 aromatic carbocycles. The van der Waals surface area contributed by atoms with Crippen molar-refractivity contribution in [2.75, 3.05) is 0 Å². The van der Waals surface area contributed by atoms with Gasteiger partial charge in [-0.2, -0.15) is 5.10 Å². The van der Waals surface area contributed by atoms with Crippen LogP contribution in [0, 0.1) is 0 Å². The Labute approximate surface area is 81.3 Å². The van der Waals surface area contributed by atoms with Crippen molar-refractivity contribution in [2.24, 2.45) is 7.05 Å². The number of rotatable bonds is 1. The van der Waals surface area contributed by atoms with Gasteiger partial charge < -0.3 is 0 Å². The minimum Gasteiger partial charge on any atom is -0.266 e. The summed E-state index contributed by atoms with van der Waals surface area (Å²) in [5.74, 6) is 0. The number of hydrogen-bond donors (Lipinski definition) is 0. The molecule has 0 radical (unpaired) electrons. The highest BCUT2D eigenvalue weighted by Gasteiger charge is 2.07. The van der Waals surface area contributed by atoms with E-state index in [1.165, 1.54) is 0 Å². The summed E-state index contributed by atoms with van der Waals surface area (Å²) >= 11 is 5.81. The molecule has 0 saturated heterocycles. The van der Waals surface area contributed by atoms with Gasteiger partial charge in [-0.15, -0.1) is 0 Å². The molecule has 0 saturated carbocycles. The van der Waals surface area contributed by atoms with E-state index < -0.39 is 0 Å². The molecule has 4 heteroatoms. The van der Waals surface area contributed by atoms with Gasteiger partial charge in [-0.1, -0.05) is 18.5 Å². The van der Waals surface area contributed by atoms with E-state index in [1.54, 1.807) is 6.07 Å². The van der Waals surface area contributed by atoms with Gasteiger partial charge in [0.1, 0.15) is 10.7 Å². The van der Waals surface area contributed by atoms with Crippen molar-refractivity contribution < 1.29 is 0 Å². The normalized spacial score (nSPS) is 11.0. The van der Waals surface area contributed by atoms with E-state index in [0.29, 0.717) is 5.15 Å². The topological polar surface area (TPSA) is 30.7 Å². The van der Waals surface area contributed by atoms with E-state index in [0.717, 1.165) is 23.1 Å². The zero-order chi connectivity index (χ0) is 9.42.